The monoisotopic (exact) mass is 233 g/mol. The molecule has 1 atom stereocenters. The Labute approximate surface area is 104 Å². The van der Waals surface area contributed by atoms with Crippen LogP contribution < -0.4 is 10.1 Å². The molecule has 0 saturated heterocycles. The molecule has 94 valence electrons. The van der Waals surface area contributed by atoms with Crippen LogP contribution in [-0.2, 0) is 0 Å². The molecular weight excluding hydrogens is 210 g/mol. The number of nitrogens with one attached hydrogen (secondary N) is 1. The zero-order chi connectivity index (χ0) is 12.1. The average Bonchev–Trinajstić information content (AvgIpc) is 3.18. The van der Waals surface area contributed by atoms with Gasteiger partial charge in [0, 0.05) is 6.04 Å². The highest BCUT2D eigenvalue weighted by Crippen LogP contribution is 2.37. The molecule has 2 heteroatoms. The molecule has 0 amide bonds. The quantitative estimate of drug-likeness (QED) is 0.778. The second-order valence-electron chi connectivity index (χ2n) is 4.94. The highest BCUT2D eigenvalue weighted by atomic mass is 16.5. The molecule has 1 aliphatic rings. The third kappa shape index (κ3) is 3.74. The number of ether oxygens (including phenoxy) is 1. The summed E-state index contributed by atoms with van der Waals surface area (Å²) in [5.74, 6) is 1.94. The lowest BCUT2D eigenvalue weighted by molar-refractivity contribution is 0.316. The largest absolute Gasteiger partial charge is 0.494 e. The summed E-state index contributed by atoms with van der Waals surface area (Å²) in [4.78, 5) is 0. The van der Waals surface area contributed by atoms with E-state index in [1.165, 1.54) is 24.8 Å². The van der Waals surface area contributed by atoms with E-state index in [0.717, 1.165) is 24.7 Å². The maximum Gasteiger partial charge on any atom is 0.119 e. The second-order valence-corrected chi connectivity index (χ2v) is 4.94. The fourth-order valence-corrected chi connectivity index (χ4v) is 2.15. The highest BCUT2D eigenvalue weighted by Gasteiger charge is 2.25. The van der Waals surface area contributed by atoms with Crippen molar-refractivity contribution in [1.82, 2.24) is 5.32 Å². The van der Waals surface area contributed by atoms with E-state index in [0.29, 0.717) is 6.04 Å². The smallest absolute Gasteiger partial charge is 0.119 e. The summed E-state index contributed by atoms with van der Waals surface area (Å²) in [5, 5.41) is 3.42. The van der Waals surface area contributed by atoms with Crippen LogP contribution in [0, 0.1) is 5.92 Å². The first kappa shape index (κ1) is 12.4. The summed E-state index contributed by atoms with van der Waals surface area (Å²) < 4.78 is 5.68. The van der Waals surface area contributed by atoms with Gasteiger partial charge in [-0.25, -0.2) is 0 Å². The lowest BCUT2D eigenvalue weighted by Crippen LogP contribution is -2.17. The van der Waals surface area contributed by atoms with Crippen LogP contribution in [0.2, 0.25) is 0 Å². The van der Waals surface area contributed by atoms with Crippen LogP contribution in [0.3, 0.4) is 0 Å². The molecule has 17 heavy (non-hydrogen) atoms. The van der Waals surface area contributed by atoms with Crippen LogP contribution in [0.5, 0.6) is 5.75 Å². The molecule has 0 aromatic heterocycles. The van der Waals surface area contributed by atoms with E-state index < -0.39 is 0 Å². The SMILES string of the molecule is CCCOc1cccc(C(CC2CC2)NC)c1. The maximum atomic E-state index is 5.68. The predicted molar refractivity (Wildman–Crippen MR) is 71.4 cm³/mol. The average molecular weight is 233 g/mol. The first-order chi connectivity index (χ1) is 8.33. The molecule has 1 unspecified atom stereocenters. The molecule has 1 N–H and O–H groups in total. The fraction of sp³-hybridized carbons (Fsp3) is 0.600. The van der Waals surface area contributed by atoms with Gasteiger partial charge in [0.1, 0.15) is 5.75 Å². The van der Waals surface area contributed by atoms with E-state index in [1.807, 2.05) is 13.1 Å². The summed E-state index contributed by atoms with van der Waals surface area (Å²) >= 11 is 0. The first-order valence-corrected chi connectivity index (χ1v) is 6.73. The Hall–Kier alpha value is -1.02. The summed E-state index contributed by atoms with van der Waals surface area (Å²) in [5.41, 5.74) is 1.35. The summed E-state index contributed by atoms with van der Waals surface area (Å²) in [7, 11) is 2.05. The Morgan fingerprint density at radius 2 is 2.24 bits per heavy atom. The van der Waals surface area contributed by atoms with Crippen molar-refractivity contribution < 1.29 is 4.74 Å². The molecule has 1 fully saturated rings. The van der Waals surface area contributed by atoms with Crippen molar-refractivity contribution in [2.75, 3.05) is 13.7 Å². The van der Waals surface area contributed by atoms with Crippen LogP contribution in [0.4, 0.5) is 0 Å². The third-order valence-corrected chi connectivity index (χ3v) is 3.35. The Morgan fingerprint density at radius 1 is 1.41 bits per heavy atom. The summed E-state index contributed by atoms with van der Waals surface area (Å²) in [6, 6.07) is 9.00. The van der Waals surface area contributed by atoms with Gasteiger partial charge in [-0.15, -0.1) is 0 Å². The van der Waals surface area contributed by atoms with E-state index in [1.54, 1.807) is 0 Å². The van der Waals surface area contributed by atoms with Gasteiger partial charge in [-0.1, -0.05) is 31.9 Å². The van der Waals surface area contributed by atoms with E-state index in [4.69, 9.17) is 4.74 Å². The number of benzene rings is 1. The van der Waals surface area contributed by atoms with Gasteiger partial charge in [0.2, 0.25) is 0 Å². The molecular formula is C15H23NO. The van der Waals surface area contributed by atoms with Gasteiger partial charge in [-0.05, 0) is 43.5 Å². The summed E-state index contributed by atoms with van der Waals surface area (Å²) in [6.45, 7) is 2.93. The molecule has 2 nitrogen and oxygen atoms in total. The Morgan fingerprint density at radius 3 is 2.88 bits per heavy atom. The van der Waals surface area contributed by atoms with E-state index in [2.05, 4.69) is 30.4 Å². The molecule has 0 radical (unpaired) electrons. The van der Waals surface area contributed by atoms with Crippen molar-refractivity contribution in [3.63, 3.8) is 0 Å². The van der Waals surface area contributed by atoms with Crippen molar-refractivity contribution in [1.29, 1.82) is 0 Å². The molecule has 1 saturated carbocycles. The third-order valence-electron chi connectivity index (χ3n) is 3.35. The zero-order valence-electron chi connectivity index (χ0n) is 10.9. The van der Waals surface area contributed by atoms with Crippen LogP contribution in [0.1, 0.15) is 44.2 Å². The normalized spacial score (nSPS) is 16.8. The predicted octanol–water partition coefficient (Wildman–Crippen LogP) is 3.54. The minimum atomic E-state index is 0.479. The van der Waals surface area contributed by atoms with Crippen LogP contribution in [0.15, 0.2) is 24.3 Å². The van der Waals surface area contributed by atoms with Gasteiger partial charge in [-0.3, -0.25) is 0 Å². The van der Waals surface area contributed by atoms with Crippen molar-refractivity contribution >= 4 is 0 Å². The molecule has 1 aliphatic carbocycles. The lowest BCUT2D eigenvalue weighted by Gasteiger charge is -2.17. The molecule has 1 aromatic rings. The van der Waals surface area contributed by atoms with E-state index in [-0.39, 0.29) is 0 Å². The highest BCUT2D eigenvalue weighted by molar-refractivity contribution is 5.30. The van der Waals surface area contributed by atoms with Crippen LogP contribution in [-0.4, -0.2) is 13.7 Å². The van der Waals surface area contributed by atoms with Crippen LogP contribution >= 0.6 is 0 Å². The van der Waals surface area contributed by atoms with Crippen LogP contribution in [0.25, 0.3) is 0 Å². The minimum Gasteiger partial charge on any atom is -0.494 e. The number of hydrogen-bond donors (Lipinski definition) is 1. The van der Waals surface area contributed by atoms with Gasteiger partial charge >= 0.3 is 0 Å². The van der Waals surface area contributed by atoms with E-state index >= 15 is 0 Å². The maximum absolute atomic E-state index is 5.68. The van der Waals surface area contributed by atoms with Crippen molar-refractivity contribution in [3.05, 3.63) is 29.8 Å². The molecule has 0 aliphatic heterocycles. The molecule has 0 spiro atoms. The Bertz CT molecular complexity index is 347. The lowest BCUT2D eigenvalue weighted by atomic mass is 10.0. The van der Waals surface area contributed by atoms with Gasteiger partial charge in [0.15, 0.2) is 0 Å². The first-order valence-electron chi connectivity index (χ1n) is 6.73. The topological polar surface area (TPSA) is 21.3 Å². The van der Waals surface area contributed by atoms with Crippen molar-refractivity contribution in [3.8, 4) is 5.75 Å². The standard InChI is InChI=1S/C15H23NO/c1-3-9-17-14-6-4-5-13(11-14)15(16-2)10-12-7-8-12/h4-6,11-12,15-16H,3,7-10H2,1-2H3. The van der Waals surface area contributed by atoms with Gasteiger partial charge < -0.3 is 10.1 Å². The van der Waals surface area contributed by atoms with Crippen molar-refractivity contribution in [2.45, 2.75) is 38.6 Å². The fourth-order valence-electron chi connectivity index (χ4n) is 2.15. The zero-order valence-corrected chi connectivity index (χ0v) is 10.9. The van der Waals surface area contributed by atoms with Crippen molar-refractivity contribution in [2.24, 2.45) is 5.92 Å². The second kappa shape index (κ2) is 6.06. The number of hydrogen-bond acceptors (Lipinski definition) is 2. The molecule has 1 aromatic carbocycles. The van der Waals surface area contributed by atoms with Gasteiger partial charge in [-0.2, -0.15) is 0 Å². The van der Waals surface area contributed by atoms with Gasteiger partial charge in [0.05, 0.1) is 6.61 Å². The Kier molecular flexibility index (Phi) is 4.43. The summed E-state index contributed by atoms with van der Waals surface area (Å²) in [6.07, 6.45) is 5.13. The minimum absolute atomic E-state index is 0.479. The molecule has 0 bridgehead atoms. The van der Waals surface area contributed by atoms with E-state index in [9.17, 15) is 0 Å². The Balaban J connectivity index is 2.01. The molecule has 0 heterocycles. The number of rotatable bonds is 7. The molecule has 2 rings (SSSR count). The van der Waals surface area contributed by atoms with Gasteiger partial charge in [0.25, 0.3) is 0 Å².